The van der Waals surface area contributed by atoms with Gasteiger partial charge in [-0.1, -0.05) is 0 Å². The largest absolute Gasteiger partial charge is 0.454 e. The van der Waals surface area contributed by atoms with Crippen molar-refractivity contribution in [2.24, 2.45) is 0 Å². The molecule has 0 saturated carbocycles. The zero-order chi connectivity index (χ0) is 11.7. The van der Waals surface area contributed by atoms with Crippen LogP contribution in [0.5, 0.6) is 11.5 Å². The molecule has 0 radical (unpaired) electrons. The van der Waals surface area contributed by atoms with Crippen LogP contribution in [0.15, 0.2) is 18.2 Å². The third-order valence-corrected chi connectivity index (χ3v) is 2.35. The summed E-state index contributed by atoms with van der Waals surface area (Å²) in [6.07, 6.45) is 0. The second-order valence-electron chi connectivity index (χ2n) is 3.39. The van der Waals surface area contributed by atoms with Gasteiger partial charge in [-0.3, -0.25) is 14.9 Å². The van der Waals surface area contributed by atoms with E-state index in [0.717, 1.165) is 0 Å². The number of Topliss-reactive ketones (excluding diaryl/α,β-unsaturated/α-hetero) is 1. The summed E-state index contributed by atoms with van der Waals surface area (Å²) < 4.78 is 10.2. The highest BCUT2D eigenvalue weighted by Gasteiger charge is 2.26. The first-order valence-electron chi connectivity index (χ1n) is 4.67. The molecule has 0 N–H and O–H groups in total. The Morgan fingerprint density at radius 3 is 2.81 bits per heavy atom. The fraction of sp³-hybridized carbons (Fsp3) is 0.300. The molecule has 1 aromatic rings. The van der Waals surface area contributed by atoms with Gasteiger partial charge in [-0.25, -0.2) is 0 Å². The number of rotatable bonds is 3. The molecule has 6 heteroatoms. The zero-order valence-corrected chi connectivity index (χ0v) is 8.50. The van der Waals surface area contributed by atoms with E-state index in [-0.39, 0.29) is 12.4 Å². The molecule has 1 heterocycles. The standard InChI is InChI=1S/C10H9NO5/c1-6(11(13)14)10(12)7-2-3-8-9(4-7)16-5-15-8/h2-4,6H,5H2,1H3. The number of hydrogen-bond donors (Lipinski definition) is 0. The highest BCUT2D eigenvalue weighted by molar-refractivity contribution is 5.99. The Morgan fingerprint density at radius 1 is 1.44 bits per heavy atom. The summed E-state index contributed by atoms with van der Waals surface area (Å²) in [6.45, 7) is 1.37. The zero-order valence-electron chi connectivity index (χ0n) is 8.50. The minimum Gasteiger partial charge on any atom is -0.454 e. The van der Waals surface area contributed by atoms with Gasteiger partial charge in [-0.2, -0.15) is 0 Å². The number of nitrogens with zero attached hydrogens (tertiary/aromatic N) is 1. The van der Waals surface area contributed by atoms with Gasteiger partial charge in [0.25, 0.3) is 6.04 Å². The number of carbonyl (C=O) groups is 1. The van der Waals surface area contributed by atoms with Crippen LogP contribution < -0.4 is 9.47 Å². The number of ketones is 1. The van der Waals surface area contributed by atoms with E-state index in [1.54, 1.807) is 6.07 Å². The lowest BCUT2D eigenvalue weighted by molar-refractivity contribution is -0.500. The maximum absolute atomic E-state index is 11.6. The fourth-order valence-electron chi connectivity index (χ4n) is 1.39. The van der Waals surface area contributed by atoms with Crippen LogP contribution in [-0.2, 0) is 0 Å². The lowest BCUT2D eigenvalue weighted by Crippen LogP contribution is -2.25. The molecule has 84 valence electrons. The molecule has 0 aromatic heterocycles. The SMILES string of the molecule is CC(C(=O)c1ccc2c(c1)OCO2)[N+](=O)[O-]. The molecule has 0 aliphatic carbocycles. The Kier molecular flexibility index (Phi) is 2.47. The van der Waals surface area contributed by atoms with E-state index in [4.69, 9.17) is 9.47 Å². The van der Waals surface area contributed by atoms with Crippen LogP contribution in [0.1, 0.15) is 17.3 Å². The van der Waals surface area contributed by atoms with Crippen LogP contribution in [-0.4, -0.2) is 23.5 Å². The van der Waals surface area contributed by atoms with Gasteiger partial charge < -0.3 is 9.47 Å². The summed E-state index contributed by atoms with van der Waals surface area (Å²) >= 11 is 0. The third-order valence-electron chi connectivity index (χ3n) is 2.35. The van der Waals surface area contributed by atoms with Gasteiger partial charge in [0.15, 0.2) is 11.5 Å². The van der Waals surface area contributed by atoms with Crippen molar-refractivity contribution < 1.29 is 19.2 Å². The Bertz CT molecular complexity index is 457. The highest BCUT2D eigenvalue weighted by atomic mass is 16.7. The number of hydrogen-bond acceptors (Lipinski definition) is 5. The molecule has 0 fully saturated rings. The van der Waals surface area contributed by atoms with Crippen LogP contribution >= 0.6 is 0 Å². The molecule has 0 bridgehead atoms. The highest BCUT2D eigenvalue weighted by Crippen LogP contribution is 2.32. The number of benzene rings is 1. The minimum atomic E-state index is -1.25. The first-order chi connectivity index (χ1) is 7.59. The van der Waals surface area contributed by atoms with E-state index in [9.17, 15) is 14.9 Å². The molecule has 0 amide bonds. The number of ether oxygens (including phenoxy) is 2. The van der Waals surface area contributed by atoms with Gasteiger partial charge in [0.2, 0.25) is 12.6 Å². The predicted octanol–water partition coefficient (Wildman–Crippen LogP) is 1.26. The Morgan fingerprint density at radius 2 is 2.12 bits per heavy atom. The van der Waals surface area contributed by atoms with E-state index in [2.05, 4.69) is 0 Å². The van der Waals surface area contributed by atoms with Crippen molar-refractivity contribution in [2.75, 3.05) is 6.79 Å². The first kappa shape index (κ1) is 10.4. The molecule has 1 aliphatic rings. The number of nitro groups is 1. The average Bonchev–Trinajstić information content (AvgIpc) is 2.73. The van der Waals surface area contributed by atoms with Crippen molar-refractivity contribution >= 4 is 5.78 Å². The van der Waals surface area contributed by atoms with Crippen LogP contribution in [0.3, 0.4) is 0 Å². The summed E-state index contributed by atoms with van der Waals surface area (Å²) in [4.78, 5) is 21.5. The smallest absolute Gasteiger partial charge is 0.272 e. The second kappa shape index (κ2) is 3.80. The minimum absolute atomic E-state index is 0.109. The number of fused-ring (bicyclic) bond motifs is 1. The van der Waals surface area contributed by atoms with Crippen LogP contribution in [0.25, 0.3) is 0 Å². The van der Waals surface area contributed by atoms with Crippen molar-refractivity contribution in [1.82, 2.24) is 0 Å². The summed E-state index contributed by atoms with van der Waals surface area (Å²) in [5.41, 5.74) is 0.258. The molecule has 1 aliphatic heterocycles. The molecule has 1 unspecified atom stereocenters. The van der Waals surface area contributed by atoms with Crippen LogP contribution in [0.4, 0.5) is 0 Å². The second-order valence-corrected chi connectivity index (χ2v) is 3.39. The monoisotopic (exact) mass is 223 g/mol. The van der Waals surface area contributed by atoms with Crippen molar-refractivity contribution in [3.05, 3.63) is 33.9 Å². The van der Waals surface area contributed by atoms with Gasteiger partial charge in [-0.15, -0.1) is 0 Å². The summed E-state index contributed by atoms with van der Waals surface area (Å²) in [5, 5.41) is 10.5. The van der Waals surface area contributed by atoms with Crippen molar-refractivity contribution in [3.8, 4) is 11.5 Å². The van der Waals surface area contributed by atoms with Crippen molar-refractivity contribution in [3.63, 3.8) is 0 Å². The van der Waals surface area contributed by atoms with Crippen LogP contribution in [0, 0.1) is 10.1 Å². The molecule has 1 aromatic carbocycles. The lowest BCUT2D eigenvalue weighted by atomic mass is 10.1. The Hall–Kier alpha value is -2.11. The summed E-state index contributed by atoms with van der Waals surface area (Å²) in [6, 6.07) is 3.28. The molecule has 0 spiro atoms. The van der Waals surface area contributed by atoms with E-state index in [0.29, 0.717) is 11.5 Å². The molecule has 0 saturated heterocycles. The van der Waals surface area contributed by atoms with E-state index < -0.39 is 16.7 Å². The Balaban J connectivity index is 2.28. The van der Waals surface area contributed by atoms with E-state index in [1.807, 2.05) is 0 Å². The lowest BCUT2D eigenvalue weighted by Gasteiger charge is -2.03. The maximum atomic E-state index is 11.6. The topological polar surface area (TPSA) is 78.7 Å². The first-order valence-corrected chi connectivity index (χ1v) is 4.67. The maximum Gasteiger partial charge on any atom is 0.272 e. The fourth-order valence-corrected chi connectivity index (χ4v) is 1.39. The molecule has 2 rings (SSSR count). The van der Waals surface area contributed by atoms with Gasteiger partial charge in [0.1, 0.15) is 0 Å². The summed E-state index contributed by atoms with van der Waals surface area (Å²) in [5.74, 6) is 0.454. The van der Waals surface area contributed by atoms with Gasteiger partial charge >= 0.3 is 0 Å². The van der Waals surface area contributed by atoms with Gasteiger partial charge in [-0.05, 0) is 18.2 Å². The molecule has 1 atom stereocenters. The van der Waals surface area contributed by atoms with Gasteiger partial charge in [0.05, 0.1) is 0 Å². The molecular weight excluding hydrogens is 214 g/mol. The quantitative estimate of drug-likeness (QED) is 0.438. The van der Waals surface area contributed by atoms with Crippen molar-refractivity contribution in [1.29, 1.82) is 0 Å². The average molecular weight is 223 g/mol. The normalized spacial score (nSPS) is 14.6. The molecule has 6 nitrogen and oxygen atoms in total. The predicted molar refractivity (Wildman–Crippen MR) is 53.4 cm³/mol. The van der Waals surface area contributed by atoms with Gasteiger partial charge in [0, 0.05) is 17.4 Å². The summed E-state index contributed by atoms with van der Waals surface area (Å²) in [7, 11) is 0. The Labute approximate surface area is 90.9 Å². The molecular formula is C10H9NO5. The van der Waals surface area contributed by atoms with Crippen LogP contribution in [0.2, 0.25) is 0 Å². The molecule has 16 heavy (non-hydrogen) atoms. The third kappa shape index (κ3) is 1.69. The number of carbonyl (C=O) groups excluding carboxylic acids is 1. The van der Waals surface area contributed by atoms with E-state index >= 15 is 0 Å². The van der Waals surface area contributed by atoms with Crippen molar-refractivity contribution in [2.45, 2.75) is 13.0 Å². The van der Waals surface area contributed by atoms with E-state index in [1.165, 1.54) is 19.1 Å².